The molecule has 8 heteroatoms. The summed E-state index contributed by atoms with van der Waals surface area (Å²) >= 11 is 0. The van der Waals surface area contributed by atoms with Gasteiger partial charge in [-0.15, -0.1) is 0 Å². The number of hydrogen-bond donors (Lipinski definition) is 1. The molecule has 1 amide bonds. The fraction of sp³-hybridized carbons (Fsp3) is 0.458. The summed E-state index contributed by atoms with van der Waals surface area (Å²) in [6.45, 7) is 5.45. The van der Waals surface area contributed by atoms with Gasteiger partial charge in [0.15, 0.2) is 11.5 Å². The van der Waals surface area contributed by atoms with Gasteiger partial charge in [-0.1, -0.05) is 6.07 Å². The van der Waals surface area contributed by atoms with Gasteiger partial charge in [0.05, 0.1) is 18.9 Å². The molecule has 1 aromatic carbocycles. The van der Waals surface area contributed by atoms with Gasteiger partial charge in [-0.3, -0.25) is 9.59 Å². The number of aryl methyl sites for hydroxylation is 2. The van der Waals surface area contributed by atoms with E-state index in [1.165, 1.54) is 4.57 Å². The van der Waals surface area contributed by atoms with Crippen LogP contribution < -0.4 is 20.3 Å². The van der Waals surface area contributed by atoms with Crippen LogP contribution in [0.1, 0.15) is 43.5 Å². The Morgan fingerprint density at radius 2 is 1.88 bits per heavy atom. The molecule has 8 nitrogen and oxygen atoms in total. The zero-order valence-electron chi connectivity index (χ0n) is 18.7. The number of carbonyl (C=O) groups excluding carboxylic acids is 1. The van der Waals surface area contributed by atoms with Gasteiger partial charge in [0.2, 0.25) is 5.91 Å². The molecular formula is C24H30N4O4. The van der Waals surface area contributed by atoms with Gasteiger partial charge in [0.25, 0.3) is 5.56 Å². The van der Waals surface area contributed by atoms with E-state index >= 15 is 0 Å². The van der Waals surface area contributed by atoms with E-state index in [1.54, 1.807) is 16.9 Å². The second-order valence-electron chi connectivity index (χ2n) is 7.90. The van der Waals surface area contributed by atoms with Crippen molar-refractivity contribution >= 4 is 11.4 Å². The van der Waals surface area contributed by atoms with Crippen molar-refractivity contribution in [1.29, 1.82) is 0 Å². The first-order valence-corrected chi connectivity index (χ1v) is 11.4. The Kier molecular flexibility index (Phi) is 6.78. The van der Waals surface area contributed by atoms with Crippen molar-refractivity contribution in [3.8, 4) is 11.5 Å². The van der Waals surface area contributed by atoms with Gasteiger partial charge < -0.3 is 19.4 Å². The van der Waals surface area contributed by atoms with Crippen molar-refractivity contribution in [2.24, 2.45) is 0 Å². The molecule has 4 rings (SSSR count). The lowest BCUT2D eigenvalue weighted by Crippen LogP contribution is -2.33. The number of ether oxygens (including phenoxy) is 2. The fourth-order valence-corrected chi connectivity index (χ4v) is 4.19. The highest BCUT2D eigenvalue weighted by molar-refractivity contribution is 5.75. The SMILES string of the molecule is CCOc1ccc(CCNC(=O)Cn2ccn3nc4c(c3c2=O)CCCC4)cc1OCC. The number of rotatable bonds is 9. The Morgan fingerprint density at radius 1 is 1.09 bits per heavy atom. The van der Waals surface area contributed by atoms with Gasteiger partial charge in [-0.25, -0.2) is 4.52 Å². The number of fused-ring (bicyclic) bond motifs is 3. The molecule has 170 valence electrons. The summed E-state index contributed by atoms with van der Waals surface area (Å²) in [6, 6.07) is 5.81. The van der Waals surface area contributed by atoms with Gasteiger partial charge in [-0.2, -0.15) is 5.10 Å². The Labute approximate surface area is 187 Å². The van der Waals surface area contributed by atoms with Crippen molar-refractivity contribution in [2.75, 3.05) is 19.8 Å². The van der Waals surface area contributed by atoms with Crippen LogP contribution in [0, 0.1) is 0 Å². The number of amides is 1. The van der Waals surface area contributed by atoms with E-state index in [2.05, 4.69) is 10.4 Å². The summed E-state index contributed by atoms with van der Waals surface area (Å²) in [7, 11) is 0. The molecule has 32 heavy (non-hydrogen) atoms. The van der Waals surface area contributed by atoms with E-state index in [0.29, 0.717) is 37.4 Å². The third-order valence-corrected chi connectivity index (χ3v) is 5.69. The molecule has 2 heterocycles. The Balaban J connectivity index is 1.38. The first kappa shape index (κ1) is 21.9. The summed E-state index contributed by atoms with van der Waals surface area (Å²) in [5, 5.41) is 7.45. The minimum Gasteiger partial charge on any atom is -0.490 e. The van der Waals surface area contributed by atoms with Crippen LogP contribution in [0.3, 0.4) is 0 Å². The van der Waals surface area contributed by atoms with Crippen molar-refractivity contribution in [3.63, 3.8) is 0 Å². The summed E-state index contributed by atoms with van der Waals surface area (Å²) in [4.78, 5) is 25.5. The summed E-state index contributed by atoms with van der Waals surface area (Å²) in [5.41, 5.74) is 3.54. The minimum absolute atomic E-state index is 0.0112. The number of hydrogen-bond acceptors (Lipinski definition) is 5. The highest BCUT2D eigenvalue weighted by atomic mass is 16.5. The van der Waals surface area contributed by atoms with E-state index in [9.17, 15) is 9.59 Å². The van der Waals surface area contributed by atoms with Crippen LogP contribution in [-0.2, 0) is 30.6 Å². The lowest BCUT2D eigenvalue weighted by molar-refractivity contribution is -0.121. The average Bonchev–Trinajstić information content (AvgIpc) is 3.17. The first-order valence-electron chi connectivity index (χ1n) is 11.4. The maximum atomic E-state index is 13.0. The molecule has 1 aliphatic rings. The molecule has 0 radical (unpaired) electrons. The standard InChI is InChI=1S/C24H30N4O4/c1-3-31-20-10-9-17(15-21(20)32-4-2)11-12-25-22(29)16-27-13-14-28-23(24(27)30)18-7-5-6-8-19(18)26-28/h9-10,13-15H,3-8,11-12,16H2,1-2H3,(H,25,29). The number of aromatic nitrogens is 3. The maximum absolute atomic E-state index is 13.0. The van der Waals surface area contributed by atoms with Gasteiger partial charge >= 0.3 is 0 Å². The van der Waals surface area contributed by atoms with Crippen LogP contribution in [0.25, 0.3) is 5.52 Å². The minimum atomic E-state index is -0.194. The molecule has 0 fully saturated rings. The van der Waals surface area contributed by atoms with E-state index in [-0.39, 0.29) is 18.0 Å². The van der Waals surface area contributed by atoms with Crippen LogP contribution in [0.15, 0.2) is 35.4 Å². The second-order valence-corrected chi connectivity index (χ2v) is 7.90. The largest absolute Gasteiger partial charge is 0.490 e. The van der Waals surface area contributed by atoms with Crippen molar-refractivity contribution in [2.45, 2.75) is 52.5 Å². The molecule has 0 saturated carbocycles. The molecule has 1 aliphatic carbocycles. The maximum Gasteiger partial charge on any atom is 0.277 e. The number of nitrogens with zero attached hydrogens (tertiary/aromatic N) is 3. The third kappa shape index (κ3) is 4.64. The first-order chi connectivity index (χ1) is 15.6. The van der Waals surface area contributed by atoms with Crippen molar-refractivity contribution in [1.82, 2.24) is 19.5 Å². The quantitative estimate of drug-likeness (QED) is 0.555. The zero-order valence-corrected chi connectivity index (χ0v) is 18.7. The van der Waals surface area contributed by atoms with Gasteiger partial charge in [-0.05, 0) is 63.6 Å². The predicted octanol–water partition coefficient (Wildman–Crippen LogP) is 2.53. The molecule has 0 atom stereocenters. The molecule has 0 aliphatic heterocycles. The van der Waals surface area contributed by atoms with Crippen LogP contribution >= 0.6 is 0 Å². The molecule has 3 aromatic rings. The van der Waals surface area contributed by atoms with Crippen molar-refractivity contribution < 1.29 is 14.3 Å². The Morgan fingerprint density at radius 3 is 2.69 bits per heavy atom. The van der Waals surface area contributed by atoms with Crippen LogP contribution in [0.2, 0.25) is 0 Å². The van der Waals surface area contributed by atoms with E-state index in [0.717, 1.165) is 48.3 Å². The Bertz CT molecular complexity index is 1160. The molecule has 0 bridgehead atoms. The molecular weight excluding hydrogens is 408 g/mol. The molecule has 2 aromatic heterocycles. The monoisotopic (exact) mass is 438 g/mol. The number of benzene rings is 1. The smallest absolute Gasteiger partial charge is 0.277 e. The number of carbonyl (C=O) groups is 1. The molecule has 0 unspecified atom stereocenters. The zero-order chi connectivity index (χ0) is 22.5. The summed E-state index contributed by atoms with van der Waals surface area (Å²) in [5.74, 6) is 1.24. The van der Waals surface area contributed by atoms with Crippen LogP contribution in [0.5, 0.6) is 11.5 Å². The highest BCUT2D eigenvalue weighted by Crippen LogP contribution is 2.28. The van der Waals surface area contributed by atoms with Crippen LogP contribution in [-0.4, -0.2) is 39.8 Å². The lowest BCUT2D eigenvalue weighted by Gasteiger charge is -2.13. The summed E-state index contributed by atoms with van der Waals surface area (Å²) in [6.07, 6.45) is 8.01. The predicted molar refractivity (Wildman–Crippen MR) is 122 cm³/mol. The Hall–Kier alpha value is -3.29. The molecule has 0 saturated heterocycles. The van der Waals surface area contributed by atoms with Gasteiger partial charge in [0, 0.05) is 24.5 Å². The second kappa shape index (κ2) is 9.89. The number of nitrogens with one attached hydrogen (secondary N) is 1. The van der Waals surface area contributed by atoms with Crippen LogP contribution in [0.4, 0.5) is 0 Å². The fourth-order valence-electron chi connectivity index (χ4n) is 4.19. The third-order valence-electron chi connectivity index (χ3n) is 5.69. The topological polar surface area (TPSA) is 86.9 Å². The molecule has 1 N–H and O–H groups in total. The highest BCUT2D eigenvalue weighted by Gasteiger charge is 2.20. The van der Waals surface area contributed by atoms with E-state index in [4.69, 9.17) is 9.47 Å². The van der Waals surface area contributed by atoms with E-state index < -0.39 is 0 Å². The van der Waals surface area contributed by atoms with E-state index in [1.807, 2.05) is 32.0 Å². The summed E-state index contributed by atoms with van der Waals surface area (Å²) < 4.78 is 14.4. The van der Waals surface area contributed by atoms with Crippen molar-refractivity contribution in [3.05, 3.63) is 57.8 Å². The van der Waals surface area contributed by atoms with Gasteiger partial charge in [0.1, 0.15) is 12.1 Å². The average molecular weight is 439 g/mol. The molecule has 0 spiro atoms. The lowest BCUT2D eigenvalue weighted by atomic mass is 9.97. The normalized spacial score (nSPS) is 13.1.